The fraction of sp³-hybridized carbons (Fsp3) is 0.304. The molecule has 2 aromatic rings. The molecule has 7 nitrogen and oxygen atoms in total. The number of hydrogen-bond acceptors (Lipinski definition) is 5. The van der Waals surface area contributed by atoms with Gasteiger partial charge in [-0.2, -0.15) is 0 Å². The number of carbonyl (C=O) groups is 2. The number of carboxylic acid groups (broad SMARTS) is 2. The van der Waals surface area contributed by atoms with Gasteiger partial charge in [-0.15, -0.1) is 0 Å². The van der Waals surface area contributed by atoms with Crippen LogP contribution in [0.25, 0.3) is 11.1 Å². The molecule has 1 unspecified atom stereocenters. The van der Waals surface area contributed by atoms with Crippen LogP contribution in [-0.2, 0) is 25.2 Å². The van der Waals surface area contributed by atoms with Crippen LogP contribution in [0.2, 0.25) is 0 Å². The van der Waals surface area contributed by atoms with Crippen LogP contribution in [0.1, 0.15) is 29.2 Å². The summed E-state index contributed by atoms with van der Waals surface area (Å²) in [5.41, 5.74) is 3.99. The van der Waals surface area contributed by atoms with Crippen molar-refractivity contribution in [3.8, 4) is 11.1 Å². The Balaban J connectivity index is 0.000000366. The largest absolute Gasteiger partial charge is 0.478 e. The molecule has 2 aromatic carbocycles. The zero-order valence-electron chi connectivity index (χ0n) is 17.6. The lowest BCUT2D eigenvalue weighted by Gasteiger charge is -2.19. The minimum atomic E-state index is -3.20. The summed E-state index contributed by atoms with van der Waals surface area (Å²) in [5.74, 6) is -2.38. The molecule has 0 saturated heterocycles. The lowest BCUT2D eigenvalue weighted by atomic mass is 9.93. The number of sulfone groups is 1. The molecule has 1 aliphatic heterocycles. The zero-order valence-corrected chi connectivity index (χ0v) is 18.4. The molecule has 1 aliphatic rings. The quantitative estimate of drug-likeness (QED) is 0.656. The van der Waals surface area contributed by atoms with E-state index in [1.165, 1.54) is 0 Å². The Bertz CT molecular complexity index is 1040. The topological polar surface area (TPSA) is 112 Å². The van der Waals surface area contributed by atoms with Crippen LogP contribution in [0.15, 0.2) is 60.7 Å². The summed E-state index contributed by atoms with van der Waals surface area (Å²) < 4.78 is 26.0. The van der Waals surface area contributed by atoms with Gasteiger partial charge in [0.15, 0.2) is 9.84 Å². The first-order valence-electron chi connectivity index (χ1n) is 9.79. The molecular weight excluding hydrogens is 418 g/mol. The highest BCUT2D eigenvalue weighted by atomic mass is 32.2. The van der Waals surface area contributed by atoms with Gasteiger partial charge in [0.05, 0.1) is 11.0 Å². The van der Waals surface area contributed by atoms with Crippen molar-refractivity contribution in [3.05, 3.63) is 71.8 Å². The highest BCUT2D eigenvalue weighted by Gasteiger charge is 2.33. The predicted molar refractivity (Wildman–Crippen MR) is 119 cm³/mol. The summed E-state index contributed by atoms with van der Waals surface area (Å²) in [6.45, 7) is 0.904. The third-order valence-electron chi connectivity index (χ3n) is 4.85. The van der Waals surface area contributed by atoms with E-state index in [2.05, 4.69) is 4.90 Å². The van der Waals surface area contributed by atoms with Gasteiger partial charge in [0.25, 0.3) is 0 Å². The SMILES string of the molecule is CN(C)CCCC1c2ccccc2-c2ccccc2CS1(=O)=O.O=C(O)C=CC(=O)O. The van der Waals surface area contributed by atoms with Gasteiger partial charge in [0.1, 0.15) is 0 Å². The van der Waals surface area contributed by atoms with Crippen LogP contribution in [0.3, 0.4) is 0 Å². The Kier molecular flexibility index (Phi) is 8.53. The number of nitrogens with zero attached hydrogens (tertiary/aromatic N) is 1. The van der Waals surface area contributed by atoms with E-state index in [0.717, 1.165) is 35.2 Å². The molecular formula is C23H27NO6S. The maximum Gasteiger partial charge on any atom is 0.328 e. The van der Waals surface area contributed by atoms with E-state index in [0.29, 0.717) is 18.6 Å². The zero-order chi connectivity index (χ0) is 23.0. The van der Waals surface area contributed by atoms with Gasteiger partial charge in [-0.3, -0.25) is 0 Å². The molecule has 0 saturated carbocycles. The minimum absolute atomic E-state index is 0.129. The summed E-state index contributed by atoms with van der Waals surface area (Å²) in [5, 5.41) is 15.2. The van der Waals surface area contributed by atoms with E-state index < -0.39 is 27.0 Å². The molecule has 31 heavy (non-hydrogen) atoms. The smallest absolute Gasteiger partial charge is 0.328 e. The molecule has 0 spiro atoms. The second kappa shape index (κ2) is 10.9. The maximum atomic E-state index is 13.0. The van der Waals surface area contributed by atoms with Crippen LogP contribution in [0.5, 0.6) is 0 Å². The van der Waals surface area contributed by atoms with Crippen molar-refractivity contribution in [2.24, 2.45) is 0 Å². The van der Waals surface area contributed by atoms with E-state index in [-0.39, 0.29) is 5.75 Å². The summed E-state index contributed by atoms with van der Waals surface area (Å²) in [6.07, 6.45) is 2.66. The molecule has 2 N–H and O–H groups in total. The molecule has 0 aromatic heterocycles. The third kappa shape index (κ3) is 7.04. The average Bonchev–Trinajstić information content (AvgIpc) is 2.79. The summed E-state index contributed by atoms with van der Waals surface area (Å²) in [4.78, 5) is 21.2. The first-order chi connectivity index (χ1) is 14.6. The van der Waals surface area contributed by atoms with Gasteiger partial charge in [-0.1, -0.05) is 48.5 Å². The molecule has 0 amide bonds. The first-order valence-corrected chi connectivity index (χ1v) is 11.5. The van der Waals surface area contributed by atoms with Gasteiger partial charge >= 0.3 is 11.9 Å². The van der Waals surface area contributed by atoms with Crippen LogP contribution < -0.4 is 0 Å². The fourth-order valence-corrected chi connectivity index (χ4v) is 5.52. The number of benzene rings is 2. The van der Waals surface area contributed by atoms with E-state index in [4.69, 9.17) is 10.2 Å². The van der Waals surface area contributed by atoms with Crippen molar-refractivity contribution in [1.29, 1.82) is 0 Å². The normalized spacial score (nSPS) is 16.5. The Labute approximate surface area is 182 Å². The molecule has 1 atom stereocenters. The van der Waals surface area contributed by atoms with Crippen LogP contribution in [-0.4, -0.2) is 56.1 Å². The molecule has 3 rings (SSSR count). The number of aliphatic carboxylic acids is 2. The highest BCUT2D eigenvalue weighted by molar-refractivity contribution is 7.90. The molecule has 0 aliphatic carbocycles. The highest BCUT2D eigenvalue weighted by Crippen LogP contribution is 2.41. The van der Waals surface area contributed by atoms with E-state index in [1.807, 2.05) is 62.6 Å². The summed E-state index contributed by atoms with van der Waals surface area (Å²) in [7, 11) is 0.835. The lowest BCUT2D eigenvalue weighted by Crippen LogP contribution is -2.18. The first kappa shape index (κ1) is 24.3. The lowest BCUT2D eigenvalue weighted by molar-refractivity contribution is -0.134. The van der Waals surface area contributed by atoms with Gasteiger partial charge in [0, 0.05) is 12.2 Å². The minimum Gasteiger partial charge on any atom is -0.478 e. The van der Waals surface area contributed by atoms with Crippen molar-refractivity contribution in [2.75, 3.05) is 20.6 Å². The number of hydrogen-bond donors (Lipinski definition) is 2. The molecule has 0 fully saturated rings. The van der Waals surface area contributed by atoms with Gasteiger partial charge in [-0.05, 0) is 55.7 Å². The number of rotatable bonds is 6. The fourth-order valence-electron chi connectivity index (χ4n) is 3.51. The average molecular weight is 446 g/mol. The van der Waals surface area contributed by atoms with Gasteiger partial charge in [-0.25, -0.2) is 18.0 Å². The van der Waals surface area contributed by atoms with Gasteiger partial charge < -0.3 is 15.1 Å². The van der Waals surface area contributed by atoms with Crippen LogP contribution in [0.4, 0.5) is 0 Å². The van der Waals surface area contributed by atoms with Gasteiger partial charge in [0.2, 0.25) is 0 Å². The van der Waals surface area contributed by atoms with E-state index in [9.17, 15) is 18.0 Å². The van der Waals surface area contributed by atoms with Crippen LogP contribution in [0, 0.1) is 0 Å². The Morgan fingerprint density at radius 1 is 0.968 bits per heavy atom. The maximum absolute atomic E-state index is 13.0. The standard InChI is InChI=1S/C19H23NO2S.C4H4O4/c1-20(2)13-7-12-19-18-11-6-5-10-17(18)16-9-4-3-8-15(16)14-23(19,21)22;5-3(6)1-2-4(7)8/h3-6,8-11,19H,7,12-14H2,1-2H3;1-2H,(H,5,6)(H,7,8). The van der Waals surface area contributed by atoms with Crippen molar-refractivity contribution in [3.63, 3.8) is 0 Å². The Morgan fingerprint density at radius 3 is 2.10 bits per heavy atom. The number of fused-ring (bicyclic) bond motifs is 3. The summed E-state index contributed by atoms with van der Waals surface area (Å²) >= 11 is 0. The van der Waals surface area contributed by atoms with Crippen molar-refractivity contribution >= 4 is 21.8 Å². The van der Waals surface area contributed by atoms with Crippen molar-refractivity contribution < 1.29 is 28.2 Å². The van der Waals surface area contributed by atoms with Crippen molar-refractivity contribution in [2.45, 2.75) is 23.8 Å². The monoisotopic (exact) mass is 445 g/mol. The molecule has 0 bridgehead atoms. The van der Waals surface area contributed by atoms with E-state index in [1.54, 1.807) is 0 Å². The molecule has 1 heterocycles. The van der Waals surface area contributed by atoms with E-state index >= 15 is 0 Å². The van der Waals surface area contributed by atoms with Crippen molar-refractivity contribution in [1.82, 2.24) is 4.90 Å². The summed E-state index contributed by atoms with van der Waals surface area (Å²) in [6, 6.07) is 15.8. The second-order valence-corrected chi connectivity index (χ2v) is 9.68. The third-order valence-corrected chi connectivity index (χ3v) is 6.92. The van der Waals surface area contributed by atoms with Crippen LogP contribution >= 0.6 is 0 Å². The Morgan fingerprint density at radius 2 is 1.52 bits per heavy atom. The molecule has 166 valence electrons. The predicted octanol–water partition coefficient (Wildman–Crippen LogP) is 3.38. The Hall–Kier alpha value is -2.97. The molecule has 8 heteroatoms. The second-order valence-electron chi connectivity index (χ2n) is 7.50. The number of carboxylic acids is 2. The molecule has 0 radical (unpaired) electrons.